The minimum absolute atomic E-state index is 0.758. The molecular formula is C16H29N3. The molecule has 0 amide bonds. The van der Waals surface area contributed by atoms with Crippen LogP contribution in [0.15, 0.2) is 6.07 Å². The van der Waals surface area contributed by atoms with Crippen LogP contribution >= 0.6 is 0 Å². The minimum atomic E-state index is 0.758. The zero-order chi connectivity index (χ0) is 13.7. The molecule has 1 saturated carbocycles. The number of nitrogens with one attached hydrogen (secondary N) is 1. The Morgan fingerprint density at radius 3 is 2.74 bits per heavy atom. The van der Waals surface area contributed by atoms with Crippen LogP contribution in [0.2, 0.25) is 0 Å². The third kappa shape index (κ3) is 4.07. The third-order valence-corrected chi connectivity index (χ3v) is 4.18. The molecule has 108 valence electrons. The highest BCUT2D eigenvalue weighted by atomic mass is 15.3. The van der Waals surface area contributed by atoms with E-state index in [1.807, 2.05) is 0 Å². The Kier molecular flexibility index (Phi) is 5.44. The van der Waals surface area contributed by atoms with E-state index in [0.29, 0.717) is 0 Å². The van der Waals surface area contributed by atoms with Crippen LogP contribution in [0.3, 0.4) is 0 Å². The van der Waals surface area contributed by atoms with Crippen molar-refractivity contribution in [2.45, 2.75) is 71.9 Å². The normalized spacial score (nSPS) is 16.8. The van der Waals surface area contributed by atoms with Crippen LogP contribution in [-0.2, 0) is 19.4 Å². The molecule has 0 aliphatic heterocycles. The Balaban J connectivity index is 1.82. The van der Waals surface area contributed by atoms with Crippen LogP contribution in [0.5, 0.6) is 0 Å². The van der Waals surface area contributed by atoms with Crippen LogP contribution in [0, 0.1) is 5.92 Å². The largest absolute Gasteiger partial charge is 0.314 e. The highest BCUT2D eigenvalue weighted by Crippen LogP contribution is 2.34. The zero-order valence-electron chi connectivity index (χ0n) is 12.8. The first-order valence-electron chi connectivity index (χ1n) is 8.07. The maximum Gasteiger partial charge on any atom is 0.0624 e. The van der Waals surface area contributed by atoms with Crippen LogP contribution in [0.25, 0.3) is 0 Å². The fourth-order valence-corrected chi connectivity index (χ4v) is 2.93. The molecule has 3 heteroatoms. The fraction of sp³-hybridized carbons (Fsp3) is 0.812. The maximum absolute atomic E-state index is 4.63. The van der Waals surface area contributed by atoms with Gasteiger partial charge in [-0.2, -0.15) is 5.10 Å². The van der Waals surface area contributed by atoms with Gasteiger partial charge in [-0.25, -0.2) is 0 Å². The average Bonchev–Trinajstić information content (AvgIpc) is 3.19. The average molecular weight is 263 g/mol. The molecule has 1 atom stereocenters. The number of aromatic nitrogens is 2. The minimum Gasteiger partial charge on any atom is -0.314 e. The summed E-state index contributed by atoms with van der Waals surface area (Å²) in [6, 6.07) is 3.05. The maximum atomic E-state index is 4.63. The summed E-state index contributed by atoms with van der Waals surface area (Å²) in [5, 5.41) is 8.28. The molecule has 1 heterocycles. The summed E-state index contributed by atoms with van der Waals surface area (Å²) in [7, 11) is 0. The number of hydrogen-bond acceptors (Lipinski definition) is 2. The van der Waals surface area contributed by atoms with Gasteiger partial charge in [0, 0.05) is 18.3 Å². The predicted octanol–water partition coefficient (Wildman–Crippen LogP) is 3.18. The van der Waals surface area contributed by atoms with Crippen molar-refractivity contribution in [2.24, 2.45) is 5.92 Å². The van der Waals surface area contributed by atoms with Crippen molar-refractivity contribution in [3.05, 3.63) is 17.5 Å². The molecule has 19 heavy (non-hydrogen) atoms. The molecule has 0 aromatic carbocycles. The van der Waals surface area contributed by atoms with Crippen molar-refractivity contribution in [2.75, 3.05) is 6.54 Å². The van der Waals surface area contributed by atoms with Gasteiger partial charge in [-0.05, 0) is 64.0 Å². The van der Waals surface area contributed by atoms with Crippen molar-refractivity contribution in [3.8, 4) is 0 Å². The molecule has 0 bridgehead atoms. The van der Waals surface area contributed by atoms with E-state index in [0.717, 1.165) is 31.5 Å². The molecule has 0 spiro atoms. The van der Waals surface area contributed by atoms with Crippen molar-refractivity contribution in [1.29, 1.82) is 0 Å². The highest BCUT2D eigenvalue weighted by Gasteiger charge is 2.29. The van der Waals surface area contributed by atoms with E-state index in [-0.39, 0.29) is 0 Å². The van der Waals surface area contributed by atoms with Crippen molar-refractivity contribution >= 4 is 0 Å². The first-order valence-corrected chi connectivity index (χ1v) is 8.07. The molecule has 3 nitrogen and oxygen atoms in total. The summed E-state index contributed by atoms with van der Waals surface area (Å²) in [6.07, 6.45) is 7.69. The van der Waals surface area contributed by atoms with Crippen molar-refractivity contribution in [3.63, 3.8) is 0 Å². The SMILES string of the molecule is CCNC(CCCc1cc(CC)nn1CC)C1CC1. The lowest BCUT2D eigenvalue weighted by Crippen LogP contribution is -2.30. The van der Waals surface area contributed by atoms with E-state index in [2.05, 4.69) is 41.9 Å². The second-order valence-corrected chi connectivity index (χ2v) is 5.69. The number of nitrogens with zero attached hydrogens (tertiary/aromatic N) is 2. The van der Waals surface area contributed by atoms with Crippen LogP contribution in [0.4, 0.5) is 0 Å². The summed E-state index contributed by atoms with van der Waals surface area (Å²) < 4.78 is 2.18. The third-order valence-electron chi connectivity index (χ3n) is 4.18. The molecule has 1 N–H and O–H groups in total. The number of aryl methyl sites for hydroxylation is 3. The standard InChI is InChI=1S/C16H29N3/c1-4-14-12-15(19(6-3)18-14)8-7-9-16(17-5-2)13-10-11-13/h12-13,16-17H,4-11H2,1-3H3. The Hall–Kier alpha value is -0.830. The Bertz CT molecular complexity index is 379. The molecule has 1 aliphatic carbocycles. The van der Waals surface area contributed by atoms with Crippen LogP contribution in [0.1, 0.15) is 57.8 Å². The smallest absolute Gasteiger partial charge is 0.0624 e. The Labute approximate surface area is 117 Å². The van der Waals surface area contributed by atoms with E-state index in [4.69, 9.17) is 0 Å². The van der Waals surface area contributed by atoms with Gasteiger partial charge in [0.1, 0.15) is 0 Å². The molecule has 1 aliphatic rings. The monoisotopic (exact) mass is 263 g/mol. The van der Waals surface area contributed by atoms with Gasteiger partial charge in [0.05, 0.1) is 5.69 Å². The molecule has 2 rings (SSSR count). The first-order chi connectivity index (χ1) is 9.28. The number of rotatable bonds is 9. The molecule has 1 fully saturated rings. The summed E-state index contributed by atoms with van der Waals surface area (Å²) in [6.45, 7) is 8.68. The van der Waals surface area contributed by atoms with Gasteiger partial charge in [0.2, 0.25) is 0 Å². The van der Waals surface area contributed by atoms with Gasteiger partial charge in [0.15, 0.2) is 0 Å². The number of hydrogen-bond donors (Lipinski definition) is 1. The fourth-order valence-electron chi connectivity index (χ4n) is 2.93. The van der Waals surface area contributed by atoms with Crippen LogP contribution in [-0.4, -0.2) is 22.4 Å². The molecular weight excluding hydrogens is 234 g/mol. The Morgan fingerprint density at radius 2 is 2.16 bits per heavy atom. The summed E-state index contributed by atoms with van der Waals surface area (Å²) >= 11 is 0. The summed E-state index contributed by atoms with van der Waals surface area (Å²) in [5.41, 5.74) is 2.66. The zero-order valence-corrected chi connectivity index (χ0v) is 12.8. The van der Waals surface area contributed by atoms with E-state index in [9.17, 15) is 0 Å². The molecule has 1 aromatic heterocycles. The van der Waals surface area contributed by atoms with Gasteiger partial charge in [-0.3, -0.25) is 4.68 Å². The van der Waals surface area contributed by atoms with Gasteiger partial charge < -0.3 is 5.32 Å². The van der Waals surface area contributed by atoms with Gasteiger partial charge in [-0.15, -0.1) is 0 Å². The first kappa shape index (κ1) is 14.6. The molecule has 0 saturated heterocycles. The molecule has 1 aromatic rings. The van der Waals surface area contributed by atoms with Gasteiger partial charge >= 0.3 is 0 Å². The second kappa shape index (κ2) is 7.09. The highest BCUT2D eigenvalue weighted by molar-refractivity contribution is 5.10. The lowest BCUT2D eigenvalue weighted by molar-refractivity contribution is 0.431. The van der Waals surface area contributed by atoms with E-state index in [1.165, 1.54) is 43.5 Å². The Morgan fingerprint density at radius 1 is 1.37 bits per heavy atom. The van der Waals surface area contributed by atoms with E-state index >= 15 is 0 Å². The summed E-state index contributed by atoms with van der Waals surface area (Å²) in [4.78, 5) is 0. The van der Waals surface area contributed by atoms with Crippen molar-refractivity contribution < 1.29 is 0 Å². The van der Waals surface area contributed by atoms with Gasteiger partial charge in [0.25, 0.3) is 0 Å². The quantitative estimate of drug-likeness (QED) is 0.741. The predicted molar refractivity (Wildman–Crippen MR) is 80.4 cm³/mol. The molecule has 1 unspecified atom stereocenters. The van der Waals surface area contributed by atoms with E-state index in [1.54, 1.807) is 0 Å². The van der Waals surface area contributed by atoms with Crippen LogP contribution < -0.4 is 5.32 Å². The molecule has 0 radical (unpaired) electrons. The lowest BCUT2D eigenvalue weighted by Gasteiger charge is -2.17. The van der Waals surface area contributed by atoms with Gasteiger partial charge in [-0.1, -0.05) is 13.8 Å². The lowest BCUT2D eigenvalue weighted by atomic mass is 10.0. The topological polar surface area (TPSA) is 29.9 Å². The van der Waals surface area contributed by atoms with E-state index < -0.39 is 0 Å². The second-order valence-electron chi connectivity index (χ2n) is 5.69. The summed E-state index contributed by atoms with van der Waals surface area (Å²) in [5.74, 6) is 0.960. The van der Waals surface area contributed by atoms with Crippen molar-refractivity contribution in [1.82, 2.24) is 15.1 Å².